The average molecular weight is 198 g/mol. The Balaban J connectivity index is 2.32. The Morgan fingerprint density at radius 2 is 2.13 bits per heavy atom. The molecular formula is C12H10N2O. The molecule has 1 amide bonds. The zero-order valence-electron chi connectivity index (χ0n) is 8.40. The van der Waals surface area contributed by atoms with Gasteiger partial charge in [0.25, 0.3) is 5.91 Å². The highest BCUT2D eigenvalue weighted by Gasteiger charge is 2.26. The molecule has 1 aromatic heterocycles. The summed E-state index contributed by atoms with van der Waals surface area (Å²) in [6, 6.07) is 9.92. The van der Waals surface area contributed by atoms with Crippen molar-refractivity contribution in [1.29, 1.82) is 0 Å². The second kappa shape index (κ2) is 2.79. The van der Waals surface area contributed by atoms with E-state index in [4.69, 9.17) is 0 Å². The molecule has 0 spiro atoms. The predicted molar refractivity (Wildman–Crippen MR) is 57.5 cm³/mol. The van der Waals surface area contributed by atoms with Crippen molar-refractivity contribution in [2.45, 2.75) is 6.54 Å². The van der Waals surface area contributed by atoms with Crippen LogP contribution in [0.4, 0.5) is 0 Å². The van der Waals surface area contributed by atoms with Crippen LogP contribution >= 0.6 is 0 Å². The molecule has 1 aliphatic heterocycles. The van der Waals surface area contributed by atoms with Crippen LogP contribution in [0.5, 0.6) is 0 Å². The number of pyridine rings is 1. The molecule has 0 saturated carbocycles. The summed E-state index contributed by atoms with van der Waals surface area (Å²) >= 11 is 0. The molecule has 3 rings (SSSR count). The Labute approximate surface area is 87.3 Å². The second-order valence-electron chi connectivity index (χ2n) is 3.85. The van der Waals surface area contributed by atoms with Crippen LogP contribution < -0.4 is 0 Å². The van der Waals surface area contributed by atoms with Gasteiger partial charge in [0.05, 0.1) is 5.52 Å². The van der Waals surface area contributed by atoms with E-state index in [0.717, 1.165) is 16.5 Å². The molecule has 3 nitrogen and oxygen atoms in total. The molecule has 0 bridgehead atoms. The number of rotatable bonds is 0. The first-order valence-corrected chi connectivity index (χ1v) is 4.90. The van der Waals surface area contributed by atoms with Crippen molar-refractivity contribution in [2.75, 3.05) is 7.05 Å². The number of hydrogen-bond donors (Lipinski definition) is 0. The highest BCUT2D eigenvalue weighted by Crippen LogP contribution is 2.23. The number of hydrogen-bond acceptors (Lipinski definition) is 2. The summed E-state index contributed by atoms with van der Waals surface area (Å²) in [5.74, 6) is 0.0238. The van der Waals surface area contributed by atoms with Gasteiger partial charge >= 0.3 is 0 Å². The molecule has 2 heterocycles. The maximum Gasteiger partial charge on any atom is 0.272 e. The maximum absolute atomic E-state index is 11.7. The minimum absolute atomic E-state index is 0.0238. The number of carbonyl (C=O) groups is 1. The van der Waals surface area contributed by atoms with Crippen molar-refractivity contribution in [2.24, 2.45) is 0 Å². The van der Waals surface area contributed by atoms with E-state index in [2.05, 4.69) is 11.1 Å². The molecule has 0 aliphatic carbocycles. The quantitative estimate of drug-likeness (QED) is 0.647. The van der Waals surface area contributed by atoms with E-state index in [1.165, 1.54) is 0 Å². The van der Waals surface area contributed by atoms with Gasteiger partial charge in [0.2, 0.25) is 0 Å². The zero-order chi connectivity index (χ0) is 10.4. The van der Waals surface area contributed by atoms with Crippen LogP contribution in [0.2, 0.25) is 0 Å². The number of fused-ring (bicyclic) bond motifs is 2. The summed E-state index contributed by atoms with van der Waals surface area (Å²) in [4.78, 5) is 17.8. The molecule has 3 heteroatoms. The lowest BCUT2D eigenvalue weighted by molar-refractivity contribution is 0.0812. The summed E-state index contributed by atoms with van der Waals surface area (Å²) in [6.45, 7) is 0.673. The molecule has 0 radical (unpaired) electrons. The van der Waals surface area contributed by atoms with E-state index in [0.29, 0.717) is 12.2 Å². The van der Waals surface area contributed by atoms with Gasteiger partial charge in [0, 0.05) is 24.5 Å². The van der Waals surface area contributed by atoms with Gasteiger partial charge in [-0.1, -0.05) is 18.2 Å². The Morgan fingerprint density at radius 1 is 1.33 bits per heavy atom. The lowest BCUT2D eigenvalue weighted by atomic mass is 10.1. The molecule has 0 unspecified atom stereocenters. The van der Waals surface area contributed by atoms with Crippen molar-refractivity contribution in [3.63, 3.8) is 0 Å². The summed E-state index contributed by atoms with van der Waals surface area (Å²) in [5.41, 5.74) is 2.53. The standard InChI is InChI=1S/C12H10N2O/c1-14-7-9-6-8-4-2-3-5-10(8)13-11(9)12(14)15/h2-6H,7H2,1H3. The van der Waals surface area contributed by atoms with Crippen LogP contribution in [0.1, 0.15) is 16.1 Å². The van der Waals surface area contributed by atoms with Crippen LogP contribution in [0.25, 0.3) is 10.9 Å². The number of carbonyl (C=O) groups excluding carboxylic acids is 1. The minimum Gasteiger partial charge on any atom is -0.336 e. The van der Waals surface area contributed by atoms with Gasteiger partial charge in [0.1, 0.15) is 5.69 Å². The fourth-order valence-electron chi connectivity index (χ4n) is 1.97. The first-order chi connectivity index (χ1) is 7.25. The summed E-state index contributed by atoms with van der Waals surface area (Å²) in [7, 11) is 1.80. The van der Waals surface area contributed by atoms with Crippen molar-refractivity contribution in [3.05, 3.63) is 41.6 Å². The van der Waals surface area contributed by atoms with Crippen LogP contribution in [-0.2, 0) is 6.54 Å². The van der Waals surface area contributed by atoms with Gasteiger partial charge in [-0.25, -0.2) is 4.98 Å². The highest BCUT2D eigenvalue weighted by molar-refractivity contribution is 5.98. The van der Waals surface area contributed by atoms with E-state index in [9.17, 15) is 4.79 Å². The summed E-state index contributed by atoms with van der Waals surface area (Å²) in [6.07, 6.45) is 0. The van der Waals surface area contributed by atoms with E-state index < -0.39 is 0 Å². The number of aromatic nitrogens is 1. The SMILES string of the molecule is CN1Cc2cc3ccccc3nc2C1=O. The van der Waals surface area contributed by atoms with Crippen LogP contribution in [0.15, 0.2) is 30.3 Å². The third-order valence-corrected chi connectivity index (χ3v) is 2.76. The van der Waals surface area contributed by atoms with E-state index in [1.54, 1.807) is 11.9 Å². The smallest absolute Gasteiger partial charge is 0.272 e. The lowest BCUT2D eigenvalue weighted by Gasteiger charge is -2.03. The van der Waals surface area contributed by atoms with Crippen LogP contribution in [-0.4, -0.2) is 22.8 Å². The third kappa shape index (κ3) is 1.13. The van der Waals surface area contributed by atoms with E-state index in [-0.39, 0.29) is 5.91 Å². The highest BCUT2D eigenvalue weighted by atomic mass is 16.2. The van der Waals surface area contributed by atoms with Crippen molar-refractivity contribution < 1.29 is 4.79 Å². The monoisotopic (exact) mass is 198 g/mol. The Hall–Kier alpha value is -1.90. The van der Waals surface area contributed by atoms with Gasteiger partial charge in [-0.3, -0.25) is 4.79 Å². The topological polar surface area (TPSA) is 33.2 Å². The fourth-order valence-corrected chi connectivity index (χ4v) is 1.97. The molecule has 1 aromatic carbocycles. The maximum atomic E-state index is 11.7. The average Bonchev–Trinajstić information content (AvgIpc) is 2.52. The number of benzene rings is 1. The van der Waals surface area contributed by atoms with Gasteiger partial charge in [-0.05, 0) is 12.1 Å². The van der Waals surface area contributed by atoms with E-state index >= 15 is 0 Å². The molecule has 0 saturated heterocycles. The lowest BCUT2D eigenvalue weighted by Crippen LogP contribution is -2.18. The first-order valence-electron chi connectivity index (χ1n) is 4.90. The molecule has 0 atom stereocenters. The van der Waals surface area contributed by atoms with Crippen molar-refractivity contribution in [1.82, 2.24) is 9.88 Å². The van der Waals surface area contributed by atoms with E-state index in [1.807, 2.05) is 24.3 Å². The summed E-state index contributed by atoms with van der Waals surface area (Å²) in [5, 5.41) is 1.10. The Morgan fingerprint density at radius 3 is 3.00 bits per heavy atom. The zero-order valence-corrected chi connectivity index (χ0v) is 8.40. The van der Waals surface area contributed by atoms with Crippen LogP contribution in [0.3, 0.4) is 0 Å². The minimum atomic E-state index is 0.0238. The van der Waals surface area contributed by atoms with Gasteiger partial charge in [0.15, 0.2) is 0 Å². The fraction of sp³-hybridized carbons (Fsp3) is 0.167. The number of para-hydroxylation sites is 1. The third-order valence-electron chi connectivity index (χ3n) is 2.76. The number of amides is 1. The van der Waals surface area contributed by atoms with Crippen molar-refractivity contribution in [3.8, 4) is 0 Å². The molecular weight excluding hydrogens is 188 g/mol. The summed E-state index contributed by atoms with van der Waals surface area (Å²) < 4.78 is 0. The van der Waals surface area contributed by atoms with Crippen LogP contribution in [0, 0.1) is 0 Å². The molecule has 0 N–H and O–H groups in total. The van der Waals surface area contributed by atoms with Gasteiger partial charge in [-0.2, -0.15) is 0 Å². The van der Waals surface area contributed by atoms with Crippen molar-refractivity contribution >= 4 is 16.8 Å². The van der Waals surface area contributed by atoms with Gasteiger partial charge < -0.3 is 4.90 Å². The normalized spacial score (nSPS) is 14.7. The molecule has 2 aromatic rings. The first kappa shape index (κ1) is 8.41. The van der Waals surface area contributed by atoms with Gasteiger partial charge in [-0.15, -0.1) is 0 Å². The molecule has 15 heavy (non-hydrogen) atoms. The molecule has 0 fully saturated rings. The predicted octanol–water partition coefficient (Wildman–Crippen LogP) is 1.82. The Bertz CT molecular complexity index is 563. The molecule has 1 aliphatic rings. The largest absolute Gasteiger partial charge is 0.336 e. The Kier molecular flexibility index (Phi) is 1.57. The second-order valence-corrected chi connectivity index (χ2v) is 3.85. The number of nitrogens with zero attached hydrogens (tertiary/aromatic N) is 2. The molecule has 74 valence electrons.